The molecule has 0 spiro atoms. The van der Waals surface area contributed by atoms with Crippen LogP contribution in [0.25, 0.3) is 11.0 Å². The lowest BCUT2D eigenvalue weighted by atomic mass is 9.99. The molecule has 0 atom stereocenters. The van der Waals surface area contributed by atoms with Gasteiger partial charge in [-0.2, -0.15) is 0 Å². The number of amidine groups is 1. The van der Waals surface area contributed by atoms with Crippen LogP contribution in [0.1, 0.15) is 22.7 Å². The maximum absolute atomic E-state index is 6.35. The summed E-state index contributed by atoms with van der Waals surface area (Å²) >= 11 is 0. The highest BCUT2D eigenvalue weighted by molar-refractivity contribution is 6.00. The van der Waals surface area contributed by atoms with Crippen molar-refractivity contribution < 1.29 is 0 Å². The fraction of sp³-hybridized carbons (Fsp3) is 0.0476. The number of hydrogen-bond acceptors (Lipinski definition) is 2. The van der Waals surface area contributed by atoms with Gasteiger partial charge < -0.3 is 10.7 Å². The third kappa shape index (κ3) is 3.15. The smallest absolute Gasteiger partial charge is 0.126 e. The van der Waals surface area contributed by atoms with E-state index < -0.39 is 0 Å². The van der Waals surface area contributed by atoms with Gasteiger partial charge in [0.25, 0.3) is 0 Å². The number of nitrogens with two attached hydrogens (primary N) is 1. The van der Waals surface area contributed by atoms with E-state index >= 15 is 0 Å². The van der Waals surface area contributed by atoms with Crippen LogP contribution in [-0.2, 0) is 0 Å². The monoisotopic (exact) mass is 326 g/mol. The van der Waals surface area contributed by atoms with Crippen molar-refractivity contribution in [3.8, 4) is 0 Å². The summed E-state index contributed by atoms with van der Waals surface area (Å²) in [7, 11) is 0. The van der Waals surface area contributed by atoms with Crippen molar-refractivity contribution in [2.75, 3.05) is 0 Å². The number of nitrogens with one attached hydrogen (secondary N) is 1. The van der Waals surface area contributed by atoms with Crippen molar-refractivity contribution in [1.82, 2.24) is 9.97 Å². The highest BCUT2D eigenvalue weighted by Crippen LogP contribution is 2.26. The van der Waals surface area contributed by atoms with Gasteiger partial charge in [0.1, 0.15) is 11.9 Å². The molecule has 0 radical (unpaired) electrons. The molecule has 1 aromatic heterocycles. The molecule has 0 aliphatic carbocycles. The van der Waals surface area contributed by atoms with Gasteiger partial charge >= 0.3 is 0 Å². The fourth-order valence-corrected chi connectivity index (χ4v) is 2.92. The van der Waals surface area contributed by atoms with Crippen LogP contribution in [0.15, 0.2) is 90.2 Å². The summed E-state index contributed by atoms with van der Waals surface area (Å²) < 4.78 is 0. The van der Waals surface area contributed by atoms with E-state index in [9.17, 15) is 0 Å². The molecule has 1 heterocycles. The Morgan fingerprint density at radius 2 is 1.52 bits per heavy atom. The molecule has 122 valence electrons. The molecule has 0 aliphatic heterocycles. The number of nitrogens with zero attached hydrogens (tertiary/aromatic N) is 2. The first-order chi connectivity index (χ1) is 12.3. The van der Waals surface area contributed by atoms with Crippen molar-refractivity contribution in [2.45, 2.75) is 6.04 Å². The standard InChI is InChI=1S/C21H18N4/c22-21(17-11-12-18-19(13-17)24-14-23-18)25-20(15-7-3-1-4-8-15)16-9-5-2-6-10-16/h1-14,20H,(H2,22,25)(H,23,24). The quantitative estimate of drug-likeness (QED) is 0.439. The first kappa shape index (κ1) is 15.1. The third-order valence-corrected chi connectivity index (χ3v) is 4.21. The van der Waals surface area contributed by atoms with E-state index in [1.807, 2.05) is 54.6 Å². The Hall–Kier alpha value is -3.40. The summed E-state index contributed by atoms with van der Waals surface area (Å²) in [6.07, 6.45) is 1.68. The lowest BCUT2D eigenvalue weighted by Crippen LogP contribution is -2.15. The van der Waals surface area contributed by atoms with Gasteiger partial charge in [-0.1, -0.05) is 60.7 Å². The highest BCUT2D eigenvalue weighted by atomic mass is 14.9. The molecule has 4 rings (SSSR count). The van der Waals surface area contributed by atoms with Crippen LogP contribution in [0.3, 0.4) is 0 Å². The predicted molar refractivity (Wildman–Crippen MR) is 102 cm³/mol. The van der Waals surface area contributed by atoms with E-state index in [2.05, 4.69) is 34.2 Å². The Bertz CT molecular complexity index is 964. The van der Waals surface area contributed by atoms with Gasteiger partial charge in [0, 0.05) is 5.56 Å². The van der Waals surface area contributed by atoms with E-state index in [4.69, 9.17) is 10.7 Å². The molecular weight excluding hydrogens is 308 g/mol. The number of benzene rings is 3. The lowest BCUT2D eigenvalue weighted by molar-refractivity contribution is 0.870. The molecule has 0 bridgehead atoms. The Morgan fingerprint density at radius 3 is 2.16 bits per heavy atom. The summed E-state index contributed by atoms with van der Waals surface area (Å²) in [6, 6.07) is 26.1. The lowest BCUT2D eigenvalue weighted by Gasteiger charge is -2.15. The highest BCUT2D eigenvalue weighted by Gasteiger charge is 2.14. The third-order valence-electron chi connectivity index (χ3n) is 4.21. The van der Waals surface area contributed by atoms with Crippen molar-refractivity contribution in [3.05, 3.63) is 102 Å². The van der Waals surface area contributed by atoms with Gasteiger partial charge in [-0.15, -0.1) is 0 Å². The van der Waals surface area contributed by atoms with Gasteiger partial charge in [-0.3, -0.25) is 4.99 Å². The van der Waals surface area contributed by atoms with E-state index in [-0.39, 0.29) is 6.04 Å². The molecule has 3 N–H and O–H groups in total. The number of rotatable bonds is 4. The van der Waals surface area contributed by atoms with Crippen LogP contribution in [0.5, 0.6) is 0 Å². The van der Waals surface area contributed by atoms with Gasteiger partial charge in [-0.05, 0) is 29.3 Å². The molecule has 4 nitrogen and oxygen atoms in total. The number of H-pyrrole nitrogens is 1. The van der Waals surface area contributed by atoms with Crippen LogP contribution < -0.4 is 5.73 Å². The Balaban J connectivity index is 1.77. The minimum Gasteiger partial charge on any atom is -0.383 e. The summed E-state index contributed by atoms with van der Waals surface area (Å²) in [5.41, 5.74) is 11.3. The topological polar surface area (TPSA) is 67.1 Å². The van der Waals surface area contributed by atoms with Crippen LogP contribution in [0.4, 0.5) is 0 Å². The van der Waals surface area contributed by atoms with Gasteiger partial charge in [0.2, 0.25) is 0 Å². The maximum atomic E-state index is 6.35. The van der Waals surface area contributed by atoms with Gasteiger partial charge in [-0.25, -0.2) is 4.98 Å². The van der Waals surface area contributed by atoms with Crippen LogP contribution in [0, 0.1) is 0 Å². The first-order valence-electron chi connectivity index (χ1n) is 8.18. The second kappa shape index (κ2) is 6.61. The number of imidazole rings is 1. The van der Waals surface area contributed by atoms with E-state index in [1.165, 1.54) is 0 Å². The van der Waals surface area contributed by atoms with Gasteiger partial charge in [0.15, 0.2) is 0 Å². The molecular formula is C21H18N4. The van der Waals surface area contributed by atoms with Gasteiger partial charge in [0.05, 0.1) is 17.4 Å². The second-order valence-electron chi connectivity index (χ2n) is 5.87. The average Bonchev–Trinajstić information content (AvgIpc) is 3.15. The predicted octanol–water partition coefficient (Wildman–Crippen LogP) is 4.06. The molecule has 25 heavy (non-hydrogen) atoms. The summed E-state index contributed by atoms with van der Waals surface area (Å²) in [6.45, 7) is 0. The summed E-state index contributed by atoms with van der Waals surface area (Å²) in [4.78, 5) is 12.2. The van der Waals surface area contributed by atoms with Crippen molar-refractivity contribution >= 4 is 16.9 Å². The van der Waals surface area contributed by atoms with E-state index in [0.717, 1.165) is 27.7 Å². The van der Waals surface area contributed by atoms with Crippen LogP contribution >= 0.6 is 0 Å². The zero-order chi connectivity index (χ0) is 17.1. The second-order valence-corrected chi connectivity index (χ2v) is 5.87. The Kier molecular flexibility index (Phi) is 4.01. The molecule has 0 fully saturated rings. The van der Waals surface area contributed by atoms with Crippen molar-refractivity contribution in [2.24, 2.45) is 10.7 Å². The fourth-order valence-electron chi connectivity index (χ4n) is 2.92. The molecule has 0 saturated heterocycles. The minimum atomic E-state index is -0.139. The van der Waals surface area contributed by atoms with Crippen LogP contribution in [0.2, 0.25) is 0 Å². The Labute approximate surface area is 146 Å². The number of hydrogen-bond donors (Lipinski definition) is 2. The zero-order valence-electron chi connectivity index (χ0n) is 13.6. The molecule has 3 aromatic carbocycles. The minimum absolute atomic E-state index is 0.139. The SMILES string of the molecule is NC(=NC(c1ccccc1)c1ccccc1)c1ccc2nc[nH]c2c1. The normalized spacial score (nSPS) is 12.0. The van der Waals surface area contributed by atoms with E-state index in [1.54, 1.807) is 6.33 Å². The largest absolute Gasteiger partial charge is 0.383 e. The van der Waals surface area contributed by atoms with Crippen molar-refractivity contribution in [1.29, 1.82) is 0 Å². The Morgan fingerprint density at radius 1 is 0.880 bits per heavy atom. The van der Waals surface area contributed by atoms with Crippen LogP contribution in [-0.4, -0.2) is 15.8 Å². The molecule has 4 heteroatoms. The summed E-state index contributed by atoms with van der Waals surface area (Å²) in [5, 5.41) is 0. The molecule has 0 aliphatic rings. The zero-order valence-corrected chi connectivity index (χ0v) is 13.6. The van der Waals surface area contributed by atoms with Crippen molar-refractivity contribution in [3.63, 3.8) is 0 Å². The number of aromatic nitrogens is 2. The average molecular weight is 326 g/mol. The molecule has 0 amide bonds. The summed E-state index contributed by atoms with van der Waals surface area (Å²) in [5.74, 6) is 0.509. The number of fused-ring (bicyclic) bond motifs is 1. The maximum Gasteiger partial charge on any atom is 0.126 e. The number of aliphatic imine (C=N–C) groups is 1. The molecule has 4 aromatic rings. The number of aromatic amines is 1. The molecule has 0 saturated carbocycles. The molecule has 0 unspecified atom stereocenters. The van der Waals surface area contributed by atoms with E-state index in [0.29, 0.717) is 5.84 Å². The first-order valence-corrected chi connectivity index (χ1v) is 8.18.